The summed E-state index contributed by atoms with van der Waals surface area (Å²) in [5, 5.41) is 8.47. The van der Waals surface area contributed by atoms with E-state index in [0.29, 0.717) is 32.5 Å². The van der Waals surface area contributed by atoms with Gasteiger partial charge in [-0.1, -0.05) is 46.0 Å². The molecule has 1 N–H and O–H groups in total. The molecule has 3 rings (SSSR count). The fourth-order valence-electron chi connectivity index (χ4n) is 2.16. The Morgan fingerprint density at radius 2 is 1.81 bits per heavy atom. The highest BCUT2D eigenvalue weighted by atomic mass is 35.5. The largest absolute Gasteiger partial charge is 0.346 e. The second-order valence-corrected chi connectivity index (χ2v) is 7.79. The van der Waals surface area contributed by atoms with Crippen molar-refractivity contribution in [1.82, 2.24) is 15.5 Å². The van der Waals surface area contributed by atoms with Crippen molar-refractivity contribution in [3.63, 3.8) is 0 Å². The third-order valence-electron chi connectivity index (χ3n) is 3.51. The Morgan fingerprint density at radius 3 is 2.56 bits per heavy atom. The molecule has 0 spiro atoms. The second-order valence-electron chi connectivity index (χ2n) is 5.52. The highest BCUT2D eigenvalue weighted by Crippen LogP contribution is 2.24. The van der Waals surface area contributed by atoms with Crippen LogP contribution < -0.4 is 5.32 Å². The van der Waals surface area contributed by atoms with Crippen LogP contribution in [0.2, 0.25) is 15.1 Å². The lowest BCUT2D eigenvalue weighted by Gasteiger charge is -2.05. The molecule has 2 aromatic carbocycles. The molecule has 0 fully saturated rings. The third kappa shape index (κ3) is 5.87. The van der Waals surface area contributed by atoms with Crippen LogP contribution in [-0.2, 0) is 17.1 Å². The molecule has 0 unspecified atom stereocenters. The molecule has 0 aliphatic carbocycles. The number of nitrogens with one attached hydrogen (secondary N) is 1. The minimum absolute atomic E-state index is 0.128. The van der Waals surface area contributed by atoms with Crippen molar-refractivity contribution in [2.45, 2.75) is 12.3 Å². The van der Waals surface area contributed by atoms with E-state index in [4.69, 9.17) is 39.3 Å². The predicted octanol–water partition coefficient (Wildman–Crippen LogP) is 5.25. The lowest BCUT2D eigenvalue weighted by molar-refractivity contribution is -0.118. The molecule has 27 heavy (non-hydrogen) atoms. The Balaban J connectivity index is 1.44. The fraction of sp³-hybridized carbons (Fsp3) is 0.167. The van der Waals surface area contributed by atoms with Crippen molar-refractivity contribution in [3.05, 3.63) is 69.0 Å². The topological polar surface area (TPSA) is 68.0 Å². The van der Waals surface area contributed by atoms with Gasteiger partial charge in [0.1, 0.15) is 0 Å². The molecule has 1 heterocycles. The average molecular weight is 443 g/mol. The van der Waals surface area contributed by atoms with Gasteiger partial charge < -0.3 is 9.84 Å². The highest BCUT2D eigenvalue weighted by Gasteiger charge is 2.10. The maximum absolute atomic E-state index is 12.0. The van der Waals surface area contributed by atoms with Gasteiger partial charge in [0, 0.05) is 26.4 Å². The summed E-state index contributed by atoms with van der Waals surface area (Å²) in [5.41, 5.74) is 1.72. The van der Waals surface area contributed by atoms with Crippen molar-refractivity contribution < 1.29 is 9.32 Å². The van der Waals surface area contributed by atoms with Crippen LogP contribution in [0.5, 0.6) is 0 Å². The van der Waals surface area contributed by atoms with Crippen LogP contribution in [0.4, 0.5) is 0 Å². The molecular weight excluding hydrogens is 429 g/mol. The van der Waals surface area contributed by atoms with E-state index < -0.39 is 0 Å². The number of carbonyl (C=O) groups excluding carboxylic acids is 1. The fourth-order valence-corrected chi connectivity index (χ4v) is 3.70. The number of aromatic nitrogens is 2. The van der Waals surface area contributed by atoms with Gasteiger partial charge in [0.2, 0.25) is 17.6 Å². The Morgan fingerprint density at radius 1 is 1.07 bits per heavy atom. The molecule has 0 aliphatic rings. The lowest BCUT2D eigenvalue weighted by atomic mass is 10.2. The van der Waals surface area contributed by atoms with Gasteiger partial charge >= 0.3 is 0 Å². The molecule has 1 amide bonds. The van der Waals surface area contributed by atoms with Crippen LogP contribution in [0, 0.1) is 0 Å². The summed E-state index contributed by atoms with van der Waals surface area (Å²) >= 11 is 19.3. The van der Waals surface area contributed by atoms with Crippen LogP contribution in [0.3, 0.4) is 0 Å². The molecule has 3 aromatic rings. The average Bonchev–Trinajstić information content (AvgIpc) is 3.11. The maximum Gasteiger partial charge on any atom is 0.246 e. The zero-order chi connectivity index (χ0) is 19.2. The summed E-state index contributed by atoms with van der Waals surface area (Å²) in [6.07, 6.45) is 0. The smallest absolute Gasteiger partial charge is 0.246 e. The van der Waals surface area contributed by atoms with Crippen molar-refractivity contribution in [1.29, 1.82) is 0 Å². The van der Waals surface area contributed by atoms with E-state index in [-0.39, 0.29) is 18.2 Å². The number of thioether (sulfide) groups is 1. The van der Waals surface area contributed by atoms with Crippen molar-refractivity contribution in [3.8, 4) is 11.4 Å². The normalized spacial score (nSPS) is 10.8. The first-order valence-corrected chi connectivity index (χ1v) is 10.2. The number of halogens is 3. The molecule has 0 bridgehead atoms. The third-order valence-corrected chi connectivity index (χ3v) is 5.33. The summed E-state index contributed by atoms with van der Waals surface area (Å²) in [7, 11) is 0. The summed E-state index contributed by atoms with van der Waals surface area (Å²) in [6, 6.07) is 12.4. The quantitative estimate of drug-likeness (QED) is 0.541. The van der Waals surface area contributed by atoms with E-state index in [1.54, 1.807) is 36.4 Å². The van der Waals surface area contributed by atoms with Crippen molar-refractivity contribution in [2.75, 3.05) is 5.75 Å². The Labute approximate surface area is 175 Å². The molecular formula is C18H14Cl3N3O2S. The summed E-state index contributed by atoms with van der Waals surface area (Å²) < 4.78 is 5.15. The zero-order valence-corrected chi connectivity index (χ0v) is 17.0. The summed E-state index contributed by atoms with van der Waals surface area (Å²) in [5.74, 6) is 1.56. The van der Waals surface area contributed by atoms with Crippen LogP contribution >= 0.6 is 46.6 Å². The molecule has 1 aromatic heterocycles. The molecule has 5 nitrogen and oxygen atoms in total. The molecule has 0 aliphatic heterocycles. The summed E-state index contributed by atoms with van der Waals surface area (Å²) in [4.78, 5) is 16.2. The van der Waals surface area contributed by atoms with Gasteiger partial charge in [-0.2, -0.15) is 4.98 Å². The molecule has 0 saturated carbocycles. The van der Waals surface area contributed by atoms with E-state index in [0.717, 1.165) is 11.1 Å². The Hall–Kier alpha value is -1.73. The predicted molar refractivity (Wildman–Crippen MR) is 109 cm³/mol. The van der Waals surface area contributed by atoms with E-state index in [2.05, 4.69) is 15.5 Å². The van der Waals surface area contributed by atoms with Crippen LogP contribution in [-0.4, -0.2) is 21.8 Å². The molecule has 140 valence electrons. The van der Waals surface area contributed by atoms with Gasteiger partial charge in [-0.05, 0) is 42.0 Å². The van der Waals surface area contributed by atoms with E-state index in [1.807, 2.05) is 6.07 Å². The van der Waals surface area contributed by atoms with Gasteiger partial charge in [0.15, 0.2) is 0 Å². The lowest BCUT2D eigenvalue weighted by Crippen LogP contribution is -2.24. The molecule has 0 atom stereocenters. The number of rotatable bonds is 7. The van der Waals surface area contributed by atoms with Crippen molar-refractivity contribution >= 4 is 52.5 Å². The molecule has 0 saturated heterocycles. The monoisotopic (exact) mass is 441 g/mol. The van der Waals surface area contributed by atoms with Crippen LogP contribution in [0.15, 0.2) is 47.0 Å². The highest BCUT2D eigenvalue weighted by molar-refractivity contribution is 7.99. The van der Waals surface area contributed by atoms with Gasteiger partial charge in [-0.15, -0.1) is 11.8 Å². The van der Waals surface area contributed by atoms with Gasteiger partial charge in [-0.25, -0.2) is 0 Å². The number of nitrogens with zero attached hydrogens (tertiary/aromatic N) is 2. The van der Waals surface area contributed by atoms with Gasteiger partial charge in [0.25, 0.3) is 0 Å². The SMILES string of the molecule is O=C(CSCc1ccc(Cl)cc1Cl)NCc1nc(-c2ccc(Cl)cc2)no1. The first kappa shape index (κ1) is 20.0. The number of hydrogen-bond acceptors (Lipinski definition) is 5. The summed E-state index contributed by atoms with van der Waals surface area (Å²) in [6.45, 7) is 0.168. The van der Waals surface area contributed by atoms with E-state index in [9.17, 15) is 4.79 Å². The first-order valence-electron chi connectivity index (χ1n) is 7.88. The Bertz CT molecular complexity index is 932. The molecule has 0 radical (unpaired) electrons. The number of carbonyl (C=O) groups is 1. The Kier molecular flexibility index (Phi) is 7.01. The zero-order valence-electron chi connectivity index (χ0n) is 13.9. The number of benzene rings is 2. The minimum atomic E-state index is -0.128. The van der Waals surface area contributed by atoms with E-state index in [1.165, 1.54) is 11.8 Å². The standard InChI is InChI=1S/C18H14Cl3N3O2S/c19-13-4-1-11(2-5-13)18-23-17(26-24-18)8-22-16(25)10-27-9-12-3-6-14(20)7-15(12)21/h1-7H,8-10H2,(H,22,25). The van der Waals surface area contributed by atoms with Gasteiger partial charge in [-0.3, -0.25) is 4.79 Å². The molecule has 9 heteroatoms. The number of hydrogen-bond donors (Lipinski definition) is 1. The second kappa shape index (κ2) is 9.46. The minimum Gasteiger partial charge on any atom is -0.346 e. The number of amides is 1. The van der Waals surface area contributed by atoms with E-state index >= 15 is 0 Å². The van der Waals surface area contributed by atoms with Crippen LogP contribution in [0.1, 0.15) is 11.5 Å². The van der Waals surface area contributed by atoms with Crippen molar-refractivity contribution in [2.24, 2.45) is 0 Å². The first-order chi connectivity index (χ1) is 13.0. The van der Waals surface area contributed by atoms with Gasteiger partial charge in [0.05, 0.1) is 12.3 Å². The maximum atomic E-state index is 12.0. The van der Waals surface area contributed by atoms with Crippen LogP contribution in [0.25, 0.3) is 11.4 Å².